The summed E-state index contributed by atoms with van der Waals surface area (Å²) < 4.78 is 1.56. The van der Waals surface area contributed by atoms with Gasteiger partial charge in [-0.25, -0.2) is 0 Å². The Hall–Kier alpha value is -2.46. The number of benzene rings is 1. The highest BCUT2D eigenvalue weighted by atomic mass is 32.2. The van der Waals surface area contributed by atoms with E-state index in [9.17, 15) is 10.1 Å². The van der Waals surface area contributed by atoms with Crippen LogP contribution in [0.15, 0.2) is 38.9 Å². The molecular formula is C18H21N5OS. The first-order valence-electron chi connectivity index (χ1n) is 8.29. The molecule has 6 nitrogen and oxygen atoms in total. The van der Waals surface area contributed by atoms with Gasteiger partial charge in [0.25, 0.3) is 5.56 Å². The number of aromatic nitrogens is 2. The minimum Gasteiger partial charge on any atom is -0.382 e. The number of piperidine rings is 1. The third-order valence-electron chi connectivity index (χ3n) is 4.54. The molecule has 7 heteroatoms. The first-order chi connectivity index (χ1) is 12.0. The van der Waals surface area contributed by atoms with Gasteiger partial charge in [-0.05, 0) is 30.9 Å². The quantitative estimate of drug-likeness (QED) is 0.910. The molecule has 1 aliphatic heterocycles. The molecule has 0 saturated carbocycles. The Morgan fingerprint density at radius 3 is 2.68 bits per heavy atom. The standard InChI is InChI=1S/C18H21N5OS/c1-12-7-9-23(10-8-12)18-21-16(20)15(17(24)22(18)2)25-14-6-4-3-5-13(14)11-19/h3-6,12H,7-10,20H2,1-2H3. The van der Waals surface area contributed by atoms with Crippen LogP contribution >= 0.6 is 11.8 Å². The van der Waals surface area contributed by atoms with Crippen LogP contribution in [0.2, 0.25) is 0 Å². The lowest BCUT2D eigenvalue weighted by Gasteiger charge is -2.32. The predicted molar refractivity (Wildman–Crippen MR) is 99.8 cm³/mol. The van der Waals surface area contributed by atoms with Crippen molar-refractivity contribution in [3.05, 3.63) is 40.2 Å². The van der Waals surface area contributed by atoms with Crippen LogP contribution in [-0.4, -0.2) is 22.6 Å². The van der Waals surface area contributed by atoms with Crippen molar-refractivity contribution >= 4 is 23.5 Å². The molecule has 0 spiro atoms. The maximum Gasteiger partial charge on any atom is 0.270 e. The summed E-state index contributed by atoms with van der Waals surface area (Å²) in [7, 11) is 1.72. The molecule has 2 heterocycles. The third kappa shape index (κ3) is 3.49. The van der Waals surface area contributed by atoms with E-state index in [-0.39, 0.29) is 11.4 Å². The Bertz CT molecular complexity index is 878. The minimum absolute atomic E-state index is 0.182. The number of nitrogen functional groups attached to an aromatic ring is 1. The van der Waals surface area contributed by atoms with Crippen molar-refractivity contribution in [1.82, 2.24) is 9.55 Å². The van der Waals surface area contributed by atoms with Crippen molar-refractivity contribution in [3.63, 3.8) is 0 Å². The van der Waals surface area contributed by atoms with Gasteiger partial charge in [-0.3, -0.25) is 9.36 Å². The lowest BCUT2D eigenvalue weighted by atomic mass is 10.00. The zero-order chi connectivity index (χ0) is 18.0. The van der Waals surface area contributed by atoms with E-state index in [0.29, 0.717) is 27.2 Å². The molecule has 0 unspecified atom stereocenters. The number of nitrogens with zero attached hydrogens (tertiary/aromatic N) is 4. The van der Waals surface area contributed by atoms with Crippen LogP contribution in [-0.2, 0) is 7.05 Å². The van der Waals surface area contributed by atoms with Crippen molar-refractivity contribution in [2.75, 3.05) is 23.7 Å². The van der Waals surface area contributed by atoms with Gasteiger partial charge in [-0.1, -0.05) is 30.8 Å². The van der Waals surface area contributed by atoms with E-state index in [1.165, 1.54) is 11.8 Å². The van der Waals surface area contributed by atoms with Crippen LogP contribution in [0.25, 0.3) is 0 Å². The fraction of sp³-hybridized carbons (Fsp3) is 0.389. The van der Waals surface area contributed by atoms with E-state index >= 15 is 0 Å². The van der Waals surface area contributed by atoms with Gasteiger partial charge in [0.2, 0.25) is 5.95 Å². The third-order valence-corrected chi connectivity index (χ3v) is 5.70. The van der Waals surface area contributed by atoms with E-state index < -0.39 is 0 Å². The highest BCUT2D eigenvalue weighted by Gasteiger charge is 2.22. The molecule has 1 aromatic heterocycles. The molecule has 0 amide bonds. The fourth-order valence-electron chi connectivity index (χ4n) is 2.93. The smallest absolute Gasteiger partial charge is 0.270 e. The van der Waals surface area contributed by atoms with E-state index in [1.54, 1.807) is 23.7 Å². The summed E-state index contributed by atoms with van der Waals surface area (Å²) in [5, 5.41) is 9.23. The first kappa shape index (κ1) is 17.4. The molecule has 3 rings (SSSR count). The summed E-state index contributed by atoms with van der Waals surface area (Å²) in [4.78, 5) is 20.5. The van der Waals surface area contributed by atoms with Crippen LogP contribution in [0, 0.1) is 17.2 Å². The number of nitrogens with two attached hydrogens (primary N) is 1. The number of nitriles is 1. The van der Waals surface area contributed by atoms with E-state index in [4.69, 9.17) is 5.73 Å². The maximum absolute atomic E-state index is 12.8. The SMILES string of the molecule is CC1CCN(c2nc(N)c(Sc3ccccc3C#N)c(=O)n2C)CC1. The molecule has 0 atom stereocenters. The van der Waals surface area contributed by atoms with E-state index in [0.717, 1.165) is 25.9 Å². The molecule has 1 aromatic carbocycles. The molecule has 0 aliphatic carbocycles. The normalized spacial score (nSPS) is 15.2. The molecule has 1 saturated heterocycles. The number of rotatable bonds is 3. The monoisotopic (exact) mass is 355 g/mol. The topological polar surface area (TPSA) is 87.9 Å². The van der Waals surface area contributed by atoms with E-state index in [2.05, 4.69) is 22.9 Å². The van der Waals surface area contributed by atoms with Crippen molar-refractivity contribution < 1.29 is 0 Å². The highest BCUT2D eigenvalue weighted by Crippen LogP contribution is 2.32. The largest absolute Gasteiger partial charge is 0.382 e. The van der Waals surface area contributed by atoms with Crippen LogP contribution in [0.1, 0.15) is 25.3 Å². The Morgan fingerprint density at radius 1 is 1.32 bits per heavy atom. The van der Waals surface area contributed by atoms with Crippen molar-refractivity contribution in [3.8, 4) is 6.07 Å². The molecule has 0 radical (unpaired) electrons. The Kier molecular flexibility index (Phi) is 5.00. The summed E-state index contributed by atoms with van der Waals surface area (Å²) in [6.45, 7) is 4.00. The van der Waals surface area contributed by atoms with Gasteiger partial charge in [0, 0.05) is 25.0 Å². The van der Waals surface area contributed by atoms with Crippen LogP contribution in [0.3, 0.4) is 0 Å². The molecule has 1 aliphatic rings. The fourth-order valence-corrected chi connectivity index (χ4v) is 3.90. The van der Waals surface area contributed by atoms with Crippen LogP contribution in [0.4, 0.5) is 11.8 Å². The second kappa shape index (κ2) is 7.19. The summed E-state index contributed by atoms with van der Waals surface area (Å²) in [5.41, 5.74) is 6.44. The van der Waals surface area contributed by atoms with Crippen molar-refractivity contribution in [2.24, 2.45) is 13.0 Å². The lowest BCUT2D eigenvalue weighted by molar-refractivity contribution is 0.430. The zero-order valence-electron chi connectivity index (χ0n) is 14.4. The van der Waals surface area contributed by atoms with Crippen LogP contribution < -0.4 is 16.2 Å². The summed E-state index contributed by atoms with van der Waals surface area (Å²) in [5.74, 6) is 1.53. The number of anilines is 2. The van der Waals surface area contributed by atoms with Crippen LogP contribution in [0.5, 0.6) is 0 Å². The molecule has 25 heavy (non-hydrogen) atoms. The number of hydrogen-bond acceptors (Lipinski definition) is 6. The Labute approximate surface area is 151 Å². The van der Waals surface area contributed by atoms with Crippen molar-refractivity contribution in [1.29, 1.82) is 5.26 Å². The van der Waals surface area contributed by atoms with Gasteiger partial charge < -0.3 is 10.6 Å². The minimum atomic E-state index is -0.182. The molecule has 130 valence electrons. The lowest BCUT2D eigenvalue weighted by Crippen LogP contribution is -2.38. The molecule has 0 bridgehead atoms. The predicted octanol–water partition coefficient (Wildman–Crippen LogP) is 2.62. The number of hydrogen-bond donors (Lipinski definition) is 1. The zero-order valence-corrected chi connectivity index (χ0v) is 15.2. The molecule has 2 aromatic rings. The van der Waals surface area contributed by atoms with E-state index in [1.807, 2.05) is 12.1 Å². The maximum atomic E-state index is 12.8. The summed E-state index contributed by atoms with van der Waals surface area (Å²) in [6, 6.07) is 9.30. The Morgan fingerprint density at radius 2 is 2.00 bits per heavy atom. The van der Waals surface area contributed by atoms with Crippen molar-refractivity contribution in [2.45, 2.75) is 29.6 Å². The van der Waals surface area contributed by atoms with Gasteiger partial charge in [-0.15, -0.1) is 0 Å². The highest BCUT2D eigenvalue weighted by molar-refractivity contribution is 7.99. The summed E-state index contributed by atoms with van der Waals surface area (Å²) in [6.07, 6.45) is 2.17. The molecule has 2 N–H and O–H groups in total. The van der Waals surface area contributed by atoms with Gasteiger partial charge in [-0.2, -0.15) is 10.2 Å². The average molecular weight is 355 g/mol. The van der Waals surface area contributed by atoms with Gasteiger partial charge in [0.15, 0.2) is 0 Å². The second-order valence-corrected chi connectivity index (χ2v) is 7.42. The van der Waals surface area contributed by atoms with Gasteiger partial charge in [0.05, 0.1) is 5.56 Å². The Balaban J connectivity index is 1.96. The average Bonchev–Trinajstić information content (AvgIpc) is 2.63. The molecular weight excluding hydrogens is 334 g/mol. The molecule has 1 fully saturated rings. The first-order valence-corrected chi connectivity index (χ1v) is 9.11. The van der Waals surface area contributed by atoms with Gasteiger partial charge in [0.1, 0.15) is 16.8 Å². The van der Waals surface area contributed by atoms with Gasteiger partial charge >= 0.3 is 0 Å². The second-order valence-electron chi connectivity index (χ2n) is 6.37. The summed E-state index contributed by atoms with van der Waals surface area (Å²) >= 11 is 1.20.